The minimum absolute atomic E-state index is 0.136. The number of aromatic nitrogens is 3. The number of amides is 1. The summed E-state index contributed by atoms with van der Waals surface area (Å²) >= 11 is 0. The topological polar surface area (TPSA) is 94.5 Å². The van der Waals surface area contributed by atoms with E-state index in [9.17, 15) is 9.90 Å². The van der Waals surface area contributed by atoms with Gasteiger partial charge < -0.3 is 20.2 Å². The first-order valence-electron chi connectivity index (χ1n) is 9.63. The predicted octanol–water partition coefficient (Wildman–Crippen LogP) is 1.89. The molecule has 3 aliphatic rings. The Morgan fingerprint density at radius 2 is 1.96 bits per heavy atom. The molecular formula is C20H24N6O2. The van der Waals surface area contributed by atoms with Crippen LogP contribution in [0.4, 0.5) is 23.3 Å². The number of nitrogens with zero attached hydrogens (tertiary/aromatic N) is 5. The molecule has 0 unspecified atom stereocenters. The average Bonchev–Trinajstić information content (AvgIpc) is 3.29. The molecule has 28 heavy (non-hydrogen) atoms. The van der Waals surface area contributed by atoms with E-state index in [1.54, 1.807) is 0 Å². The quantitative estimate of drug-likeness (QED) is 0.840. The molecule has 8 nitrogen and oxygen atoms in total. The lowest BCUT2D eigenvalue weighted by Gasteiger charge is -2.44. The fraction of sp³-hybridized carbons (Fsp3) is 0.500. The van der Waals surface area contributed by atoms with Gasteiger partial charge in [0.15, 0.2) is 0 Å². The number of nitrogens with one attached hydrogen (secondary N) is 1. The van der Waals surface area contributed by atoms with Crippen LogP contribution in [0.3, 0.4) is 0 Å². The third-order valence-electron chi connectivity index (χ3n) is 5.81. The van der Waals surface area contributed by atoms with Gasteiger partial charge >= 0.3 is 0 Å². The van der Waals surface area contributed by atoms with Gasteiger partial charge in [-0.3, -0.25) is 4.79 Å². The summed E-state index contributed by atoms with van der Waals surface area (Å²) in [5.74, 6) is 1.91. The van der Waals surface area contributed by atoms with E-state index in [0.29, 0.717) is 24.9 Å². The highest BCUT2D eigenvalue weighted by molar-refractivity contribution is 5.89. The Kier molecular flexibility index (Phi) is 3.49. The lowest BCUT2D eigenvalue weighted by Crippen LogP contribution is -2.60. The van der Waals surface area contributed by atoms with E-state index in [1.165, 1.54) is 12.5 Å². The molecule has 1 amide bonds. The van der Waals surface area contributed by atoms with Crippen LogP contribution >= 0.6 is 0 Å². The Labute approximate surface area is 163 Å². The number of fused-ring (bicyclic) bond motifs is 2. The van der Waals surface area contributed by atoms with Gasteiger partial charge in [0.1, 0.15) is 11.6 Å². The first-order valence-corrected chi connectivity index (χ1v) is 9.63. The van der Waals surface area contributed by atoms with Crippen LogP contribution in [0, 0.1) is 6.92 Å². The highest BCUT2D eigenvalue weighted by Crippen LogP contribution is 2.58. The number of pyridine rings is 1. The van der Waals surface area contributed by atoms with Crippen LogP contribution in [-0.2, 0) is 10.2 Å². The third-order valence-corrected chi connectivity index (χ3v) is 5.81. The molecule has 1 saturated heterocycles. The fourth-order valence-electron chi connectivity index (χ4n) is 4.31. The van der Waals surface area contributed by atoms with Crippen molar-refractivity contribution in [3.05, 3.63) is 29.6 Å². The van der Waals surface area contributed by atoms with E-state index in [0.717, 1.165) is 36.6 Å². The predicted molar refractivity (Wildman–Crippen MR) is 106 cm³/mol. The summed E-state index contributed by atoms with van der Waals surface area (Å²) in [6, 6.07) is 3.93. The molecule has 0 atom stereocenters. The largest absolute Gasteiger partial charge is 0.386 e. The minimum atomic E-state index is -0.676. The summed E-state index contributed by atoms with van der Waals surface area (Å²) in [6.45, 7) is 7.20. The van der Waals surface area contributed by atoms with Crippen molar-refractivity contribution in [2.75, 3.05) is 34.8 Å². The summed E-state index contributed by atoms with van der Waals surface area (Å²) in [5, 5.41) is 12.8. The molecule has 0 aromatic carbocycles. The second-order valence-electron chi connectivity index (χ2n) is 8.65. The Bertz CT molecular complexity index is 977. The Morgan fingerprint density at radius 1 is 1.21 bits per heavy atom. The zero-order chi connectivity index (χ0) is 19.7. The molecular weight excluding hydrogens is 356 g/mol. The van der Waals surface area contributed by atoms with Gasteiger partial charge in [-0.2, -0.15) is 4.98 Å². The van der Waals surface area contributed by atoms with Crippen LogP contribution in [0.2, 0.25) is 0 Å². The number of β-amino-alcohol motifs (C(OH)–C–C–N with tert-alkyl or cyclic N) is 1. The van der Waals surface area contributed by atoms with Crippen molar-refractivity contribution in [2.24, 2.45) is 0 Å². The third kappa shape index (κ3) is 2.79. The van der Waals surface area contributed by atoms with Gasteiger partial charge in [-0.1, -0.05) is 0 Å². The number of aryl methyl sites for hydroxylation is 1. The lowest BCUT2D eigenvalue weighted by molar-refractivity contribution is -0.114. The molecule has 1 saturated carbocycles. The van der Waals surface area contributed by atoms with Crippen LogP contribution in [0.1, 0.15) is 37.9 Å². The maximum Gasteiger partial charge on any atom is 0.227 e. The molecule has 2 fully saturated rings. The van der Waals surface area contributed by atoms with Crippen LogP contribution in [0.5, 0.6) is 0 Å². The van der Waals surface area contributed by atoms with Gasteiger partial charge in [-0.25, -0.2) is 9.97 Å². The summed E-state index contributed by atoms with van der Waals surface area (Å²) in [4.78, 5) is 29.5. The Hall–Kier alpha value is -2.74. The molecule has 0 bridgehead atoms. The Morgan fingerprint density at radius 3 is 2.61 bits per heavy atom. The number of aliphatic hydroxyl groups is 1. The van der Waals surface area contributed by atoms with Crippen LogP contribution in [0.25, 0.3) is 0 Å². The summed E-state index contributed by atoms with van der Waals surface area (Å²) < 4.78 is 0. The minimum Gasteiger partial charge on any atom is -0.386 e. The standard InChI is InChI=1S/C20H24N6O2/c1-12-6-17(24-18(22-12)25-9-19(3,28)10-25)26-11-20(4-5-20)14-8-21-16(7-15(14)26)23-13(2)27/h6-8,28H,4-5,9-11H2,1-3H3,(H,21,23,27). The maximum absolute atomic E-state index is 11.4. The van der Waals surface area contributed by atoms with Crippen molar-refractivity contribution in [3.63, 3.8) is 0 Å². The van der Waals surface area contributed by atoms with Crippen LogP contribution < -0.4 is 15.1 Å². The first kappa shape index (κ1) is 17.4. The van der Waals surface area contributed by atoms with Gasteiger partial charge in [-0.15, -0.1) is 0 Å². The summed E-state index contributed by atoms with van der Waals surface area (Å²) in [7, 11) is 0. The molecule has 2 N–H and O–H groups in total. The van der Waals surface area contributed by atoms with Crippen molar-refractivity contribution in [1.29, 1.82) is 0 Å². The number of hydrogen-bond donors (Lipinski definition) is 2. The zero-order valence-electron chi connectivity index (χ0n) is 16.4. The summed E-state index contributed by atoms with van der Waals surface area (Å²) in [6.07, 6.45) is 4.18. The number of anilines is 4. The van der Waals surface area contributed by atoms with E-state index in [4.69, 9.17) is 4.98 Å². The van der Waals surface area contributed by atoms with Gasteiger partial charge in [-0.05, 0) is 26.7 Å². The SMILES string of the molecule is CC(=O)Nc1cc2c(cn1)C1(CC1)CN2c1cc(C)nc(N2CC(C)(O)C2)n1. The second kappa shape index (κ2) is 5.64. The maximum atomic E-state index is 11.4. The molecule has 2 aliphatic heterocycles. The van der Waals surface area contributed by atoms with Gasteiger partial charge in [0.05, 0.1) is 24.4 Å². The molecule has 5 rings (SSSR count). The van der Waals surface area contributed by atoms with E-state index < -0.39 is 5.60 Å². The summed E-state index contributed by atoms with van der Waals surface area (Å²) in [5.41, 5.74) is 2.64. The van der Waals surface area contributed by atoms with Gasteiger partial charge in [0.25, 0.3) is 0 Å². The fourth-order valence-corrected chi connectivity index (χ4v) is 4.31. The van der Waals surface area contributed by atoms with E-state index in [1.807, 2.05) is 37.1 Å². The molecule has 2 aromatic rings. The number of carbonyl (C=O) groups is 1. The molecule has 1 aliphatic carbocycles. The Balaban J connectivity index is 1.52. The molecule has 146 valence electrons. The van der Waals surface area contributed by atoms with Crippen molar-refractivity contribution >= 4 is 29.2 Å². The number of carbonyl (C=O) groups excluding carboxylic acids is 1. The highest BCUT2D eigenvalue weighted by atomic mass is 16.3. The number of rotatable bonds is 3. The molecule has 0 radical (unpaired) electrons. The van der Waals surface area contributed by atoms with E-state index in [-0.39, 0.29) is 11.3 Å². The number of hydrogen-bond acceptors (Lipinski definition) is 7. The first-order chi connectivity index (χ1) is 13.2. The van der Waals surface area contributed by atoms with E-state index >= 15 is 0 Å². The van der Waals surface area contributed by atoms with Crippen LogP contribution in [-0.4, -0.2) is 51.2 Å². The second-order valence-corrected chi connectivity index (χ2v) is 8.65. The zero-order valence-corrected chi connectivity index (χ0v) is 16.4. The molecule has 8 heteroatoms. The molecule has 1 spiro atoms. The normalized spacial score (nSPS) is 20.7. The van der Waals surface area contributed by atoms with Gasteiger partial charge in [0.2, 0.25) is 11.9 Å². The highest BCUT2D eigenvalue weighted by Gasteiger charge is 2.52. The van der Waals surface area contributed by atoms with Crippen molar-refractivity contribution in [2.45, 2.75) is 44.6 Å². The van der Waals surface area contributed by atoms with Crippen molar-refractivity contribution in [1.82, 2.24) is 15.0 Å². The average molecular weight is 380 g/mol. The van der Waals surface area contributed by atoms with Crippen molar-refractivity contribution < 1.29 is 9.90 Å². The monoisotopic (exact) mass is 380 g/mol. The lowest BCUT2D eigenvalue weighted by atomic mass is 9.98. The van der Waals surface area contributed by atoms with E-state index in [2.05, 4.69) is 20.2 Å². The van der Waals surface area contributed by atoms with Crippen LogP contribution in [0.15, 0.2) is 18.3 Å². The molecule has 2 aromatic heterocycles. The van der Waals surface area contributed by atoms with Crippen molar-refractivity contribution in [3.8, 4) is 0 Å². The van der Waals surface area contributed by atoms with Gasteiger partial charge in [0, 0.05) is 48.5 Å². The smallest absolute Gasteiger partial charge is 0.227 e. The molecule has 4 heterocycles.